The molecule has 160 valence electrons. The van der Waals surface area contributed by atoms with Crippen LogP contribution in [0.5, 0.6) is 0 Å². The zero-order valence-corrected chi connectivity index (χ0v) is 17.2. The number of aryl methyl sites for hydroxylation is 1. The lowest BCUT2D eigenvalue weighted by Crippen LogP contribution is -2.41. The monoisotopic (exact) mass is 420 g/mol. The molecule has 0 radical (unpaired) electrons. The normalized spacial score (nSPS) is 10.4. The largest absolute Gasteiger partial charge is 0.467 e. The highest BCUT2D eigenvalue weighted by Gasteiger charge is 2.21. The highest BCUT2D eigenvalue weighted by molar-refractivity contribution is 6.01. The zero-order valence-electron chi connectivity index (χ0n) is 17.2. The van der Waals surface area contributed by atoms with Crippen molar-refractivity contribution in [3.63, 3.8) is 0 Å². The van der Waals surface area contributed by atoms with Gasteiger partial charge in [-0.25, -0.2) is 4.98 Å². The molecule has 2 aromatic heterocycles. The predicted octanol–water partition coefficient (Wildman–Crippen LogP) is 3.05. The second-order valence-corrected chi connectivity index (χ2v) is 6.89. The molecule has 0 bridgehead atoms. The van der Waals surface area contributed by atoms with Gasteiger partial charge in [0.1, 0.15) is 18.1 Å². The van der Waals surface area contributed by atoms with Crippen molar-refractivity contribution in [1.29, 1.82) is 0 Å². The summed E-state index contributed by atoms with van der Waals surface area (Å²) in [5.41, 5.74) is 1.48. The van der Waals surface area contributed by atoms with Crippen molar-refractivity contribution in [3.05, 3.63) is 78.4 Å². The van der Waals surface area contributed by atoms with Crippen molar-refractivity contribution in [2.45, 2.75) is 26.3 Å². The van der Waals surface area contributed by atoms with Crippen LogP contribution in [0.4, 0.5) is 11.5 Å². The number of anilines is 2. The van der Waals surface area contributed by atoms with E-state index in [0.29, 0.717) is 17.3 Å². The molecule has 0 unspecified atom stereocenters. The number of nitrogens with zero attached hydrogens (tertiary/aromatic N) is 2. The van der Waals surface area contributed by atoms with Gasteiger partial charge in [-0.15, -0.1) is 0 Å². The van der Waals surface area contributed by atoms with Gasteiger partial charge in [0, 0.05) is 24.7 Å². The summed E-state index contributed by atoms with van der Waals surface area (Å²) in [6, 6.07) is 16.0. The van der Waals surface area contributed by atoms with E-state index in [9.17, 15) is 14.4 Å². The summed E-state index contributed by atoms with van der Waals surface area (Å²) in [5.74, 6) is 0.0740. The smallest absolute Gasteiger partial charge is 0.240 e. The lowest BCUT2D eigenvalue weighted by Gasteiger charge is -2.24. The number of aromatic nitrogens is 1. The second-order valence-electron chi connectivity index (χ2n) is 6.89. The van der Waals surface area contributed by atoms with Gasteiger partial charge < -0.3 is 20.0 Å². The molecule has 0 fully saturated rings. The van der Waals surface area contributed by atoms with Crippen LogP contribution in [0.3, 0.4) is 0 Å². The summed E-state index contributed by atoms with van der Waals surface area (Å²) in [5, 5.41) is 5.40. The highest BCUT2D eigenvalue weighted by atomic mass is 16.3. The molecule has 31 heavy (non-hydrogen) atoms. The Morgan fingerprint density at radius 2 is 1.77 bits per heavy atom. The van der Waals surface area contributed by atoms with Crippen LogP contribution in [0, 0.1) is 6.92 Å². The highest BCUT2D eigenvalue weighted by Crippen LogP contribution is 2.20. The topological polar surface area (TPSA) is 105 Å². The van der Waals surface area contributed by atoms with Crippen LogP contribution in [0.1, 0.15) is 24.2 Å². The first-order valence-electron chi connectivity index (χ1n) is 9.89. The van der Waals surface area contributed by atoms with Crippen molar-refractivity contribution >= 4 is 29.2 Å². The number of hydrogen-bond acceptors (Lipinski definition) is 5. The van der Waals surface area contributed by atoms with Gasteiger partial charge in [0.2, 0.25) is 17.7 Å². The number of benzene rings is 1. The fraction of sp³-hybridized carbons (Fsp3) is 0.217. The fourth-order valence-electron chi connectivity index (χ4n) is 2.97. The minimum atomic E-state index is -0.328. The molecule has 3 aromatic rings. The van der Waals surface area contributed by atoms with Crippen LogP contribution in [0.2, 0.25) is 0 Å². The average Bonchev–Trinajstić information content (AvgIpc) is 3.29. The van der Waals surface area contributed by atoms with E-state index in [1.54, 1.807) is 48.7 Å². The Morgan fingerprint density at radius 1 is 0.968 bits per heavy atom. The Bertz CT molecular complexity index is 1020. The van der Waals surface area contributed by atoms with Gasteiger partial charge in [0.15, 0.2) is 0 Å². The third-order valence-corrected chi connectivity index (χ3v) is 4.55. The quantitative estimate of drug-likeness (QED) is 0.554. The summed E-state index contributed by atoms with van der Waals surface area (Å²) in [6.45, 7) is 1.94. The van der Waals surface area contributed by atoms with Gasteiger partial charge in [0.25, 0.3) is 0 Å². The first-order chi connectivity index (χ1) is 15.0. The van der Waals surface area contributed by atoms with E-state index < -0.39 is 0 Å². The first kappa shape index (κ1) is 21.8. The minimum absolute atomic E-state index is 0.0220. The number of hydrogen-bond donors (Lipinski definition) is 2. The van der Waals surface area contributed by atoms with E-state index in [2.05, 4.69) is 15.6 Å². The molecule has 2 heterocycles. The van der Waals surface area contributed by atoms with E-state index in [4.69, 9.17) is 4.42 Å². The van der Waals surface area contributed by atoms with Crippen molar-refractivity contribution < 1.29 is 18.8 Å². The van der Waals surface area contributed by atoms with Crippen LogP contribution in [-0.4, -0.2) is 29.3 Å². The minimum Gasteiger partial charge on any atom is -0.467 e. The van der Waals surface area contributed by atoms with E-state index in [1.165, 1.54) is 11.2 Å². The van der Waals surface area contributed by atoms with Gasteiger partial charge >= 0.3 is 0 Å². The number of nitrogens with one attached hydrogen (secondary N) is 2. The molecule has 8 heteroatoms. The number of carbonyl (C=O) groups is 3. The lowest BCUT2D eigenvalue weighted by atomic mass is 10.1. The molecule has 0 spiro atoms. The molecule has 3 amide bonds. The van der Waals surface area contributed by atoms with Gasteiger partial charge in [-0.3, -0.25) is 14.4 Å². The molecule has 8 nitrogen and oxygen atoms in total. The first-order valence-corrected chi connectivity index (χ1v) is 9.89. The van der Waals surface area contributed by atoms with E-state index in [0.717, 1.165) is 5.56 Å². The number of amides is 3. The van der Waals surface area contributed by atoms with Crippen LogP contribution < -0.4 is 15.5 Å². The van der Waals surface area contributed by atoms with Crippen LogP contribution in [0.25, 0.3) is 0 Å². The van der Waals surface area contributed by atoms with E-state index in [1.807, 2.05) is 19.1 Å². The Hall–Kier alpha value is -3.94. The standard InChI is InChI=1S/C23H24N4O4/c1-17-7-2-3-9-19(17)27(16-22(29)25-15-18-8-6-14-31-18)23(30)12-11-21(28)26-20-10-4-5-13-24-20/h2-10,13-14H,11-12,15-16H2,1H3,(H,25,29)(H,24,26,28). The molecule has 0 saturated heterocycles. The van der Waals surface area contributed by atoms with Crippen molar-refractivity contribution in [1.82, 2.24) is 10.3 Å². The van der Waals surface area contributed by atoms with Crippen molar-refractivity contribution in [2.24, 2.45) is 0 Å². The third kappa shape index (κ3) is 6.53. The Balaban J connectivity index is 1.62. The molecule has 3 rings (SSSR count). The van der Waals surface area contributed by atoms with Gasteiger partial charge in [-0.2, -0.15) is 0 Å². The van der Waals surface area contributed by atoms with Crippen molar-refractivity contribution in [2.75, 3.05) is 16.8 Å². The van der Waals surface area contributed by atoms with Gasteiger partial charge in [0.05, 0.1) is 12.8 Å². The summed E-state index contributed by atoms with van der Waals surface area (Å²) in [6.07, 6.45) is 3.03. The SMILES string of the molecule is Cc1ccccc1N(CC(=O)NCc1ccco1)C(=O)CCC(=O)Nc1ccccn1. The molecular formula is C23H24N4O4. The number of furan rings is 1. The lowest BCUT2D eigenvalue weighted by molar-refractivity contribution is -0.125. The Labute approximate surface area is 180 Å². The molecule has 0 aliphatic heterocycles. The summed E-state index contributed by atoms with van der Waals surface area (Å²) in [4.78, 5) is 43.1. The van der Waals surface area contributed by atoms with Crippen LogP contribution in [-0.2, 0) is 20.9 Å². The number of pyridine rings is 1. The maximum absolute atomic E-state index is 13.0. The maximum atomic E-state index is 13.0. The molecular weight excluding hydrogens is 396 g/mol. The molecule has 2 N–H and O–H groups in total. The third-order valence-electron chi connectivity index (χ3n) is 4.55. The van der Waals surface area contributed by atoms with Gasteiger partial charge in [-0.05, 0) is 42.8 Å². The van der Waals surface area contributed by atoms with Gasteiger partial charge in [-0.1, -0.05) is 24.3 Å². The summed E-state index contributed by atoms with van der Waals surface area (Å²) < 4.78 is 5.21. The molecule has 0 atom stereocenters. The summed E-state index contributed by atoms with van der Waals surface area (Å²) >= 11 is 0. The number of para-hydroxylation sites is 1. The maximum Gasteiger partial charge on any atom is 0.240 e. The number of rotatable bonds is 9. The second kappa shape index (κ2) is 10.7. The fourth-order valence-corrected chi connectivity index (χ4v) is 2.97. The zero-order chi connectivity index (χ0) is 22.1. The molecule has 0 saturated carbocycles. The van der Waals surface area contributed by atoms with E-state index in [-0.39, 0.29) is 43.7 Å². The average molecular weight is 420 g/mol. The number of carbonyl (C=O) groups excluding carboxylic acids is 3. The van der Waals surface area contributed by atoms with Crippen LogP contribution >= 0.6 is 0 Å². The molecule has 0 aliphatic rings. The summed E-state index contributed by atoms with van der Waals surface area (Å²) in [7, 11) is 0. The van der Waals surface area contributed by atoms with E-state index >= 15 is 0 Å². The van der Waals surface area contributed by atoms with Crippen LogP contribution in [0.15, 0.2) is 71.5 Å². The Kier molecular flexibility index (Phi) is 7.53. The molecule has 0 aliphatic carbocycles. The predicted molar refractivity (Wildman–Crippen MR) is 116 cm³/mol. The molecule has 1 aromatic carbocycles. The Morgan fingerprint density at radius 3 is 2.48 bits per heavy atom. The van der Waals surface area contributed by atoms with Crippen molar-refractivity contribution in [3.8, 4) is 0 Å².